The molecule has 2 heteroatoms. The maximum atomic E-state index is 2.60. The zero-order chi connectivity index (χ0) is 42.0. The first-order valence-electron chi connectivity index (χ1n) is 22.8. The number of hydrogen-bond acceptors (Lipinski definition) is 0. The molecule has 0 amide bonds. The average Bonchev–Trinajstić information content (AvgIpc) is 4.10. The van der Waals surface area contributed by atoms with E-state index < -0.39 is 16.1 Å². The van der Waals surface area contributed by atoms with Gasteiger partial charge in [-0.1, -0.05) is 231 Å². The zero-order valence-corrected chi connectivity index (χ0v) is 37.4. The summed E-state index contributed by atoms with van der Waals surface area (Å²) in [4.78, 5) is 0. The van der Waals surface area contributed by atoms with Gasteiger partial charge in [-0.15, -0.1) is 0 Å². The van der Waals surface area contributed by atoms with E-state index in [1.54, 1.807) is 0 Å². The topological polar surface area (TPSA) is 0 Å². The molecule has 0 fully saturated rings. The summed E-state index contributed by atoms with van der Waals surface area (Å²) in [6, 6.07) is 88.9. The Morgan fingerprint density at radius 1 is 0.219 bits per heavy atom. The van der Waals surface area contributed by atoms with Gasteiger partial charge >= 0.3 is 0 Å². The number of benzene rings is 10. The molecule has 0 radical (unpaired) electrons. The number of fused-ring (bicyclic) bond motifs is 12. The van der Waals surface area contributed by atoms with Crippen LogP contribution in [-0.2, 0) is 12.8 Å². The van der Waals surface area contributed by atoms with Crippen LogP contribution in [0.25, 0.3) is 55.6 Å². The van der Waals surface area contributed by atoms with Gasteiger partial charge in [0.2, 0.25) is 0 Å². The Balaban J connectivity index is 0.910. The van der Waals surface area contributed by atoms with Gasteiger partial charge in [0, 0.05) is 0 Å². The molecule has 0 bridgehead atoms. The van der Waals surface area contributed by atoms with Gasteiger partial charge in [0.25, 0.3) is 0 Å². The minimum atomic E-state index is -2.60. The summed E-state index contributed by atoms with van der Waals surface area (Å²) in [5.74, 6) is 0. The number of rotatable bonds is 5. The van der Waals surface area contributed by atoms with E-state index in [0.717, 1.165) is 12.8 Å². The molecule has 0 saturated carbocycles. The SMILES string of the molecule is c1ccc([Si]2(c3ccc4c(c3)-c3cccc(-c5cccc6c5Cc5ccc([Si]7(c8ccccc8)c8ccccc8-c8ccccc87)cc5-6)c3C4)c3ccccc3-c3ccccc32)cc1. The molecule has 0 unspecified atom stereocenters. The molecule has 2 aliphatic heterocycles. The van der Waals surface area contributed by atoms with Crippen LogP contribution in [0.1, 0.15) is 22.3 Å². The van der Waals surface area contributed by atoms with Crippen molar-refractivity contribution in [3.63, 3.8) is 0 Å². The second kappa shape index (κ2) is 13.6. The van der Waals surface area contributed by atoms with E-state index in [0.29, 0.717) is 0 Å². The summed E-state index contributed by atoms with van der Waals surface area (Å²) < 4.78 is 0. The highest BCUT2D eigenvalue weighted by Crippen LogP contribution is 2.47. The summed E-state index contributed by atoms with van der Waals surface area (Å²) in [7, 11) is -5.19. The molecular formula is C62H42Si2. The first-order chi connectivity index (χ1) is 31.7. The fourth-order valence-corrected chi connectivity index (χ4v) is 23.2. The second-order valence-electron chi connectivity index (χ2n) is 18.2. The molecule has 14 rings (SSSR count). The lowest BCUT2D eigenvalue weighted by Crippen LogP contribution is -2.72. The highest BCUT2D eigenvalue weighted by atomic mass is 28.3. The molecule has 298 valence electrons. The molecular weight excluding hydrogens is 801 g/mol. The molecule has 0 aromatic heterocycles. The van der Waals surface area contributed by atoms with Crippen LogP contribution in [0.15, 0.2) is 231 Å². The first kappa shape index (κ1) is 36.2. The standard InChI is InChI=1S/C62H42Si2/c1-3-17-43(18-4-1)63(59-29-11-7-21-51(59)52-22-8-12-30-60(52)63)45-35-33-41-37-57-47(25-15-27-49(57)55(41)39-45)48-26-16-28-50-56-40-46(36-34-42(56)38-58(48)50)64(44-19-5-2-6-20-44)61-31-13-9-23-53(61)54-24-10-14-32-62(54)64/h1-36,39-40H,37-38H2. The Morgan fingerprint density at radius 2 is 0.516 bits per heavy atom. The highest BCUT2D eigenvalue weighted by molar-refractivity contribution is 7.23. The van der Waals surface area contributed by atoms with Crippen LogP contribution in [0, 0.1) is 0 Å². The Kier molecular flexibility index (Phi) is 7.66. The average molecular weight is 843 g/mol. The first-order valence-corrected chi connectivity index (χ1v) is 26.8. The predicted octanol–water partition coefficient (Wildman–Crippen LogP) is 9.21. The fraction of sp³-hybridized carbons (Fsp3) is 0.0323. The largest absolute Gasteiger partial charge is 0.180 e. The third kappa shape index (κ3) is 4.71. The van der Waals surface area contributed by atoms with Crippen molar-refractivity contribution in [1.82, 2.24) is 0 Å². The quantitative estimate of drug-likeness (QED) is 0.152. The van der Waals surface area contributed by atoms with E-state index in [1.807, 2.05) is 0 Å². The van der Waals surface area contributed by atoms with E-state index in [9.17, 15) is 0 Å². The van der Waals surface area contributed by atoms with Crippen LogP contribution in [0.4, 0.5) is 0 Å². The molecule has 64 heavy (non-hydrogen) atoms. The van der Waals surface area contributed by atoms with Crippen LogP contribution >= 0.6 is 0 Å². The van der Waals surface area contributed by atoms with Crippen molar-refractivity contribution in [1.29, 1.82) is 0 Å². The molecule has 0 atom stereocenters. The molecule has 10 aromatic rings. The molecule has 0 nitrogen and oxygen atoms in total. The molecule has 0 N–H and O–H groups in total. The van der Waals surface area contributed by atoms with E-state index in [4.69, 9.17) is 0 Å². The van der Waals surface area contributed by atoms with Crippen molar-refractivity contribution in [2.45, 2.75) is 12.8 Å². The van der Waals surface area contributed by atoms with Gasteiger partial charge in [-0.3, -0.25) is 0 Å². The van der Waals surface area contributed by atoms with Crippen molar-refractivity contribution in [3.8, 4) is 55.6 Å². The van der Waals surface area contributed by atoms with Gasteiger partial charge in [0.1, 0.15) is 0 Å². The lowest BCUT2D eigenvalue weighted by Gasteiger charge is -2.31. The molecule has 10 aromatic carbocycles. The van der Waals surface area contributed by atoms with Crippen molar-refractivity contribution < 1.29 is 0 Å². The third-order valence-corrected chi connectivity index (χ3v) is 25.1. The summed E-state index contributed by atoms with van der Waals surface area (Å²) in [5, 5.41) is 11.8. The van der Waals surface area contributed by atoms with Gasteiger partial charge < -0.3 is 0 Å². The van der Waals surface area contributed by atoms with Gasteiger partial charge in [0.15, 0.2) is 16.1 Å². The molecule has 0 spiro atoms. The monoisotopic (exact) mass is 842 g/mol. The van der Waals surface area contributed by atoms with Crippen LogP contribution in [0.3, 0.4) is 0 Å². The van der Waals surface area contributed by atoms with Crippen LogP contribution in [0.2, 0.25) is 0 Å². The predicted molar refractivity (Wildman–Crippen MR) is 274 cm³/mol. The molecule has 2 heterocycles. The Bertz CT molecular complexity index is 3240. The number of hydrogen-bond donors (Lipinski definition) is 0. The maximum Gasteiger partial charge on any atom is 0.180 e. The Hall–Kier alpha value is -7.37. The van der Waals surface area contributed by atoms with Crippen molar-refractivity contribution >= 4 is 57.6 Å². The summed E-state index contributed by atoms with van der Waals surface area (Å²) in [6.45, 7) is 0. The summed E-state index contributed by atoms with van der Waals surface area (Å²) >= 11 is 0. The Labute approximate surface area is 376 Å². The Morgan fingerprint density at radius 3 is 0.875 bits per heavy atom. The van der Waals surface area contributed by atoms with Crippen molar-refractivity contribution in [3.05, 3.63) is 253 Å². The highest BCUT2D eigenvalue weighted by Gasteiger charge is 2.50. The molecule has 2 aliphatic carbocycles. The molecule has 0 saturated heterocycles. The third-order valence-electron chi connectivity index (χ3n) is 15.4. The van der Waals surface area contributed by atoms with Gasteiger partial charge in [-0.05, 0) is 132 Å². The van der Waals surface area contributed by atoms with E-state index in [2.05, 4.69) is 231 Å². The maximum absolute atomic E-state index is 2.60. The van der Waals surface area contributed by atoms with Crippen LogP contribution in [0.5, 0.6) is 0 Å². The van der Waals surface area contributed by atoms with E-state index in [1.165, 1.54) is 119 Å². The summed E-state index contributed by atoms with van der Waals surface area (Å²) in [5.41, 5.74) is 19.6. The van der Waals surface area contributed by atoms with Crippen LogP contribution in [-0.4, -0.2) is 16.1 Å². The second-order valence-corrected chi connectivity index (χ2v) is 25.6. The van der Waals surface area contributed by atoms with Gasteiger partial charge in [0.05, 0.1) is 0 Å². The lowest BCUT2D eigenvalue weighted by molar-refractivity contribution is 1.24. The van der Waals surface area contributed by atoms with Crippen molar-refractivity contribution in [2.24, 2.45) is 0 Å². The lowest BCUT2D eigenvalue weighted by atomic mass is 9.90. The minimum absolute atomic E-state index is 0.943. The minimum Gasteiger partial charge on any atom is -0.0623 e. The van der Waals surface area contributed by atoms with E-state index in [-0.39, 0.29) is 0 Å². The van der Waals surface area contributed by atoms with Crippen molar-refractivity contribution in [2.75, 3.05) is 0 Å². The van der Waals surface area contributed by atoms with Gasteiger partial charge in [-0.2, -0.15) is 0 Å². The fourth-order valence-electron chi connectivity index (χ4n) is 12.8. The van der Waals surface area contributed by atoms with Crippen LogP contribution < -0.4 is 41.5 Å². The smallest absolute Gasteiger partial charge is 0.0623 e. The summed E-state index contributed by atoms with van der Waals surface area (Å²) in [6.07, 6.45) is 1.89. The molecule has 4 aliphatic rings. The van der Waals surface area contributed by atoms with Gasteiger partial charge in [-0.25, -0.2) is 0 Å². The zero-order valence-electron chi connectivity index (χ0n) is 35.4. The van der Waals surface area contributed by atoms with E-state index >= 15 is 0 Å². The normalized spacial score (nSPS) is 14.7.